The molecular weight excluding hydrogens is 474 g/mol. The van der Waals surface area contributed by atoms with Crippen LogP contribution in [0, 0.1) is 6.92 Å². The lowest BCUT2D eigenvalue weighted by Crippen LogP contribution is -2.45. The first kappa shape index (κ1) is 25.1. The van der Waals surface area contributed by atoms with E-state index in [1.54, 1.807) is 0 Å². The fraction of sp³-hybridized carbons (Fsp3) is 0.219. The highest BCUT2D eigenvalue weighted by molar-refractivity contribution is 7.98. The van der Waals surface area contributed by atoms with E-state index in [-0.39, 0.29) is 5.91 Å². The Morgan fingerprint density at radius 1 is 0.784 bits per heavy atom. The molecule has 188 valence electrons. The maximum absolute atomic E-state index is 12.9. The molecule has 0 aromatic heterocycles. The molecule has 1 aliphatic rings. The number of piperazine rings is 1. The number of nitrogens with one attached hydrogen (secondary N) is 1. The summed E-state index contributed by atoms with van der Waals surface area (Å²) in [6.45, 7) is 7.10. The maximum Gasteiger partial charge on any atom is 0.255 e. The third kappa shape index (κ3) is 6.82. The number of thioether (sulfide) groups is 1. The first-order chi connectivity index (χ1) is 18.1. The van der Waals surface area contributed by atoms with Gasteiger partial charge in [-0.1, -0.05) is 60.7 Å². The summed E-state index contributed by atoms with van der Waals surface area (Å²) < 4.78 is 0. The average Bonchev–Trinajstić information content (AvgIpc) is 2.95. The highest BCUT2D eigenvalue weighted by Gasteiger charge is 2.17. The zero-order valence-corrected chi connectivity index (χ0v) is 22.1. The van der Waals surface area contributed by atoms with Crippen molar-refractivity contribution in [2.75, 3.05) is 36.4 Å². The Morgan fingerprint density at radius 2 is 1.43 bits per heavy atom. The molecule has 0 spiro atoms. The number of nitrogens with zero attached hydrogens (tertiary/aromatic N) is 2. The minimum Gasteiger partial charge on any atom is -0.369 e. The van der Waals surface area contributed by atoms with E-state index in [2.05, 4.69) is 94.0 Å². The van der Waals surface area contributed by atoms with Gasteiger partial charge in [0.15, 0.2) is 0 Å². The molecular formula is C32H33N3OS. The van der Waals surface area contributed by atoms with Gasteiger partial charge < -0.3 is 10.2 Å². The molecule has 4 aromatic rings. The Hall–Kier alpha value is -3.54. The fourth-order valence-electron chi connectivity index (χ4n) is 4.66. The molecule has 37 heavy (non-hydrogen) atoms. The van der Waals surface area contributed by atoms with Gasteiger partial charge in [0.05, 0.1) is 0 Å². The number of para-hydroxylation sites is 1. The molecule has 0 radical (unpaired) electrons. The number of amides is 1. The van der Waals surface area contributed by atoms with E-state index in [9.17, 15) is 4.79 Å². The van der Waals surface area contributed by atoms with Crippen LogP contribution in [0.25, 0.3) is 0 Å². The number of carbonyl (C=O) groups is 1. The smallest absolute Gasteiger partial charge is 0.255 e. The van der Waals surface area contributed by atoms with Gasteiger partial charge in [-0.2, -0.15) is 0 Å². The molecule has 0 unspecified atom stereocenters. The molecule has 5 heteroatoms. The molecule has 0 bridgehead atoms. The average molecular weight is 508 g/mol. The van der Waals surface area contributed by atoms with E-state index >= 15 is 0 Å². The van der Waals surface area contributed by atoms with Crippen LogP contribution in [-0.2, 0) is 12.3 Å². The van der Waals surface area contributed by atoms with Gasteiger partial charge in [0.25, 0.3) is 5.91 Å². The number of benzene rings is 4. The normalized spacial score (nSPS) is 13.9. The Balaban J connectivity index is 1.11. The fourth-order valence-corrected chi connectivity index (χ4v) is 5.52. The Bertz CT molecular complexity index is 1300. The standard InChI is InChI=1S/C32H33N3OS/c1-25-22-27(24-37-30-10-6-3-7-11-30)14-17-31(25)33-32(36)28-15-12-26(13-16-28)23-34-18-20-35(21-19-34)29-8-4-2-5-9-29/h2-17,22H,18-21,23-24H2,1H3,(H,33,36). The summed E-state index contributed by atoms with van der Waals surface area (Å²) in [5.74, 6) is 0.833. The summed E-state index contributed by atoms with van der Waals surface area (Å²) in [4.78, 5) is 19.1. The van der Waals surface area contributed by atoms with E-state index < -0.39 is 0 Å². The maximum atomic E-state index is 12.9. The van der Waals surface area contributed by atoms with Gasteiger partial charge in [-0.15, -0.1) is 11.8 Å². The monoisotopic (exact) mass is 507 g/mol. The van der Waals surface area contributed by atoms with E-state index in [0.717, 1.165) is 49.7 Å². The van der Waals surface area contributed by atoms with Crippen LogP contribution in [0.2, 0.25) is 0 Å². The van der Waals surface area contributed by atoms with Crippen molar-refractivity contribution >= 4 is 29.0 Å². The number of anilines is 2. The number of hydrogen-bond acceptors (Lipinski definition) is 4. The van der Waals surface area contributed by atoms with Crippen molar-refractivity contribution in [3.8, 4) is 0 Å². The van der Waals surface area contributed by atoms with E-state index in [1.807, 2.05) is 43.0 Å². The summed E-state index contributed by atoms with van der Waals surface area (Å²) in [6, 6.07) is 35.3. The van der Waals surface area contributed by atoms with Gasteiger partial charge in [0.1, 0.15) is 0 Å². The van der Waals surface area contributed by atoms with Crippen LogP contribution in [-0.4, -0.2) is 37.0 Å². The van der Waals surface area contributed by atoms with E-state index in [0.29, 0.717) is 5.56 Å². The Kier molecular flexibility index (Phi) is 8.24. The predicted molar refractivity (Wildman–Crippen MR) is 156 cm³/mol. The molecule has 1 saturated heterocycles. The second kappa shape index (κ2) is 12.1. The van der Waals surface area contributed by atoms with Gasteiger partial charge >= 0.3 is 0 Å². The number of aryl methyl sites for hydroxylation is 1. The first-order valence-corrected chi connectivity index (χ1v) is 13.8. The zero-order chi connectivity index (χ0) is 25.5. The lowest BCUT2D eigenvalue weighted by molar-refractivity contribution is 0.102. The number of carbonyl (C=O) groups excluding carboxylic acids is 1. The van der Waals surface area contributed by atoms with Crippen molar-refractivity contribution in [2.24, 2.45) is 0 Å². The number of rotatable bonds is 8. The topological polar surface area (TPSA) is 35.6 Å². The molecule has 4 nitrogen and oxygen atoms in total. The van der Waals surface area contributed by atoms with Crippen LogP contribution in [0.15, 0.2) is 108 Å². The Labute approximate surface area is 224 Å². The Morgan fingerprint density at radius 3 is 2.11 bits per heavy atom. The first-order valence-electron chi connectivity index (χ1n) is 12.8. The molecule has 1 amide bonds. The van der Waals surface area contributed by atoms with Crippen LogP contribution in [0.5, 0.6) is 0 Å². The molecule has 1 aliphatic heterocycles. The molecule has 1 fully saturated rings. The summed E-state index contributed by atoms with van der Waals surface area (Å²) >= 11 is 1.82. The van der Waals surface area contributed by atoms with Gasteiger partial charge in [0.2, 0.25) is 0 Å². The quantitative estimate of drug-likeness (QED) is 0.264. The third-order valence-electron chi connectivity index (χ3n) is 6.80. The van der Waals surface area contributed by atoms with Crippen molar-refractivity contribution in [3.05, 3.63) is 125 Å². The van der Waals surface area contributed by atoms with Crippen LogP contribution in [0.4, 0.5) is 11.4 Å². The molecule has 1 N–H and O–H groups in total. The van der Waals surface area contributed by atoms with Crippen LogP contribution in [0.1, 0.15) is 27.0 Å². The summed E-state index contributed by atoms with van der Waals surface area (Å²) in [7, 11) is 0. The highest BCUT2D eigenvalue weighted by atomic mass is 32.2. The second-order valence-corrected chi connectivity index (χ2v) is 10.5. The van der Waals surface area contributed by atoms with Crippen molar-refractivity contribution in [1.82, 2.24) is 4.90 Å². The highest BCUT2D eigenvalue weighted by Crippen LogP contribution is 2.25. The van der Waals surface area contributed by atoms with Gasteiger partial charge in [-0.05, 0) is 66.1 Å². The second-order valence-electron chi connectivity index (χ2n) is 9.50. The van der Waals surface area contributed by atoms with Crippen molar-refractivity contribution < 1.29 is 4.79 Å². The van der Waals surface area contributed by atoms with Crippen molar-refractivity contribution in [3.63, 3.8) is 0 Å². The molecule has 4 aromatic carbocycles. The summed E-state index contributed by atoms with van der Waals surface area (Å²) in [5.41, 5.74) is 6.40. The van der Waals surface area contributed by atoms with Gasteiger partial charge in [-0.25, -0.2) is 0 Å². The van der Waals surface area contributed by atoms with E-state index in [4.69, 9.17) is 0 Å². The molecule has 1 heterocycles. The molecule has 0 saturated carbocycles. The largest absolute Gasteiger partial charge is 0.369 e. The van der Waals surface area contributed by atoms with Crippen molar-refractivity contribution in [2.45, 2.75) is 24.1 Å². The molecule has 0 aliphatic carbocycles. The van der Waals surface area contributed by atoms with Crippen LogP contribution < -0.4 is 10.2 Å². The molecule has 5 rings (SSSR count). The zero-order valence-electron chi connectivity index (χ0n) is 21.3. The van der Waals surface area contributed by atoms with Crippen LogP contribution >= 0.6 is 11.8 Å². The van der Waals surface area contributed by atoms with Crippen molar-refractivity contribution in [1.29, 1.82) is 0 Å². The summed E-state index contributed by atoms with van der Waals surface area (Å²) in [5, 5.41) is 3.09. The predicted octanol–water partition coefficient (Wildman–Crippen LogP) is 6.86. The summed E-state index contributed by atoms with van der Waals surface area (Å²) in [6.07, 6.45) is 0. The lowest BCUT2D eigenvalue weighted by atomic mass is 10.1. The SMILES string of the molecule is Cc1cc(CSc2ccccc2)ccc1NC(=O)c1ccc(CN2CCN(c3ccccc3)CC2)cc1. The van der Waals surface area contributed by atoms with Gasteiger partial charge in [0, 0.05) is 60.3 Å². The van der Waals surface area contributed by atoms with Gasteiger partial charge in [-0.3, -0.25) is 9.69 Å². The minimum atomic E-state index is -0.0717. The lowest BCUT2D eigenvalue weighted by Gasteiger charge is -2.36. The van der Waals surface area contributed by atoms with E-state index in [1.165, 1.54) is 21.7 Å². The number of hydrogen-bond donors (Lipinski definition) is 1. The molecule has 0 atom stereocenters. The third-order valence-corrected chi connectivity index (χ3v) is 7.89. The minimum absolute atomic E-state index is 0.0717. The van der Waals surface area contributed by atoms with Crippen LogP contribution in [0.3, 0.4) is 0 Å².